The molecule has 2 aromatic heterocycles. The maximum absolute atomic E-state index is 13.2. The number of hydrogen-bond acceptors (Lipinski definition) is 6. The maximum Gasteiger partial charge on any atom is 0.276 e. The standard InChI is InChI=1S/C24H33N7O3/c1-6-24(4)13-29(8-9-34-5)18-12-16(21(25)32)11-17-20(18)30(14-24)23(26-17)27-22(33)19-10-15(3)28-31(19)7-2/h10-12H,6-9,13-14H2,1-5H3,(H2,25,32)(H,26,27,33)/t24-/m0/s1. The lowest BCUT2D eigenvalue weighted by molar-refractivity contribution is 0.0995. The van der Waals surface area contributed by atoms with Gasteiger partial charge in [0.1, 0.15) is 5.69 Å². The number of imidazole rings is 1. The Hall–Kier alpha value is -3.40. The molecule has 10 nitrogen and oxygen atoms in total. The van der Waals surface area contributed by atoms with Crippen molar-refractivity contribution in [2.75, 3.05) is 37.0 Å². The van der Waals surface area contributed by atoms with Crippen molar-refractivity contribution in [3.8, 4) is 0 Å². The highest BCUT2D eigenvalue weighted by molar-refractivity contribution is 6.05. The van der Waals surface area contributed by atoms with E-state index in [1.165, 1.54) is 0 Å². The van der Waals surface area contributed by atoms with Gasteiger partial charge in [0.15, 0.2) is 0 Å². The SMILES string of the molecule is CCn1nc(C)cc1C(=O)Nc1nc2cc(C(N)=O)cc3c2n1C[C@@](C)(CC)CN3CCOC. The van der Waals surface area contributed by atoms with E-state index in [-0.39, 0.29) is 11.3 Å². The summed E-state index contributed by atoms with van der Waals surface area (Å²) in [5.74, 6) is -0.350. The summed E-state index contributed by atoms with van der Waals surface area (Å²) in [6.07, 6.45) is 0.919. The second-order valence-corrected chi connectivity index (χ2v) is 9.27. The number of amides is 2. The van der Waals surface area contributed by atoms with E-state index >= 15 is 0 Å². The van der Waals surface area contributed by atoms with Crippen LogP contribution in [0.2, 0.25) is 0 Å². The van der Waals surface area contributed by atoms with Crippen LogP contribution in [0.1, 0.15) is 53.7 Å². The monoisotopic (exact) mass is 467 g/mol. The summed E-state index contributed by atoms with van der Waals surface area (Å²) in [6, 6.07) is 5.28. The van der Waals surface area contributed by atoms with Crippen LogP contribution in [0, 0.1) is 12.3 Å². The van der Waals surface area contributed by atoms with E-state index in [1.54, 1.807) is 23.9 Å². The first-order valence-electron chi connectivity index (χ1n) is 11.6. The molecule has 0 unspecified atom stereocenters. The number of carbonyl (C=O) groups excluding carboxylic acids is 2. The third-order valence-electron chi connectivity index (χ3n) is 6.64. The van der Waals surface area contributed by atoms with Crippen LogP contribution in [-0.4, -0.2) is 58.0 Å². The summed E-state index contributed by atoms with van der Waals surface area (Å²) >= 11 is 0. The Morgan fingerprint density at radius 3 is 2.65 bits per heavy atom. The normalized spacial score (nSPS) is 17.7. The number of ether oxygens (including phenoxy) is 1. The molecule has 0 spiro atoms. The molecule has 1 atom stereocenters. The number of aryl methyl sites for hydroxylation is 2. The minimum atomic E-state index is -0.519. The number of benzene rings is 1. The molecular formula is C24H33N7O3. The fraction of sp³-hybridized carbons (Fsp3) is 0.500. The van der Waals surface area contributed by atoms with Crippen LogP contribution in [-0.2, 0) is 17.8 Å². The number of aromatic nitrogens is 4. The zero-order chi connectivity index (χ0) is 24.6. The highest BCUT2D eigenvalue weighted by Crippen LogP contribution is 2.40. The fourth-order valence-corrected chi connectivity index (χ4v) is 4.62. The Morgan fingerprint density at radius 2 is 2.00 bits per heavy atom. The van der Waals surface area contributed by atoms with Crippen molar-refractivity contribution < 1.29 is 14.3 Å². The number of primary amides is 1. The number of rotatable bonds is 8. The van der Waals surface area contributed by atoms with E-state index in [9.17, 15) is 9.59 Å². The summed E-state index contributed by atoms with van der Waals surface area (Å²) in [7, 11) is 1.67. The van der Waals surface area contributed by atoms with Crippen LogP contribution in [0.3, 0.4) is 0 Å². The Morgan fingerprint density at radius 1 is 1.24 bits per heavy atom. The lowest BCUT2D eigenvalue weighted by Gasteiger charge is -2.34. The average Bonchev–Trinajstić information content (AvgIpc) is 3.31. The zero-order valence-electron chi connectivity index (χ0n) is 20.5. The van der Waals surface area contributed by atoms with E-state index in [2.05, 4.69) is 33.7 Å². The summed E-state index contributed by atoms with van der Waals surface area (Å²) in [4.78, 5) is 32.3. The van der Waals surface area contributed by atoms with E-state index in [4.69, 9.17) is 15.5 Å². The van der Waals surface area contributed by atoms with Gasteiger partial charge in [0, 0.05) is 44.3 Å². The molecule has 182 valence electrons. The smallest absolute Gasteiger partial charge is 0.276 e. The van der Waals surface area contributed by atoms with Gasteiger partial charge in [-0.3, -0.25) is 19.6 Å². The van der Waals surface area contributed by atoms with Crippen LogP contribution in [0.4, 0.5) is 11.6 Å². The van der Waals surface area contributed by atoms with Gasteiger partial charge in [-0.15, -0.1) is 0 Å². The highest BCUT2D eigenvalue weighted by atomic mass is 16.5. The van der Waals surface area contributed by atoms with Crippen molar-refractivity contribution in [2.24, 2.45) is 11.1 Å². The first-order chi connectivity index (χ1) is 16.2. The lowest BCUT2D eigenvalue weighted by atomic mass is 9.87. The zero-order valence-corrected chi connectivity index (χ0v) is 20.5. The first-order valence-corrected chi connectivity index (χ1v) is 11.6. The quantitative estimate of drug-likeness (QED) is 0.526. The van der Waals surface area contributed by atoms with Gasteiger partial charge in [0.2, 0.25) is 11.9 Å². The van der Waals surface area contributed by atoms with E-state index in [0.29, 0.717) is 49.0 Å². The van der Waals surface area contributed by atoms with Gasteiger partial charge in [-0.05, 0) is 38.5 Å². The van der Waals surface area contributed by atoms with Gasteiger partial charge < -0.3 is 19.9 Å². The van der Waals surface area contributed by atoms with E-state index in [1.807, 2.05) is 19.9 Å². The van der Waals surface area contributed by atoms with Gasteiger partial charge in [-0.1, -0.05) is 13.8 Å². The summed E-state index contributed by atoms with van der Waals surface area (Å²) in [5, 5.41) is 7.39. The van der Waals surface area contributed by atoms with Crippen molar-refractivity contribution in [1.29, 1.82) is 0 Å². The fourth-order valence-electron chi connectivity index (χ4n) is 4.62. The van der Waals surface area contributed by atoms with Gasteiger partial charge in [0.25, 0.3) is 5.91 Å². The van der Waals surface area contributed by atoms with E-state index in [0.717, 1.165) is 29.9 Å². The largest absolute Gasteiger partial charge is 0.383 e. The predicted octanol–water partition coefficient (Wildman–Crippen LogP) is 2.80. The molecule has 1 aliphatic heterocycles. The molecular weight excluding hydrogens is 434 g/mol. The van der Waals surface area contributed by atoms with E-state index < -0.39 is 5.91 Å². The first kappa shape index (κ1) is 23.7. The number of methoxy groups -OCH3 is 1. The van der Waals surface area contributed by atoms with Gasteiger partial charge in [-0.25, -0.2) is 4.98 Å². The molecule has 34 heavy (non-hydrogen) atoms. The molecule has 3 aromatic rings. The van der Waals surface area contributed by atoms with Crippen molar-refractivity contribution in [2.45, 2.75) is 47.2 Å². The van der Waals surface area contributed by atoms with Crippen LogP contribution in [0.15, 0.2) is 18.2 Å². The molecule has 1 aliphatic rings. The number of nitrogens with one attached hydrogen (secondary N) is 1. The topological polar surface area (TPSA) is 120 Å². The molecule has 0 bridgehead atoms. The van der Waals surface area contributed by atoms with Crippen molar-refractivity contribution in [3.63, 3.8) is 0 Å². The van der Waals surface area contributed by atoms with Crippen LogP contribution in [0.25, 0.3) is 11.0 Å². The molecule has 4 rings (SSSR count). The number of hydrogen-bond donors (Lipinski definition) is 2. The minimum Gasteiger partial charge on any atom is -0.383 e. The second kappa shape index (κ2) is 9.09. The molecule has 0 aliphatic carbocycles. The average molecular weight is 468 g/mol. The molecule has 10 heteroatoms. The summed E-state index contributed by atoms with van der Waals surface area (Å²) < 4.78 is 9.09. The second-order valence-electron chi connectivity index (χ2n) is 9.27. The molecule has 3 N–H and O–H groups in total. The predicted molar refractivity (Wildman–Crippen MR) is 131 cm³/mol. The molecule has 0 radical (unpaired) electrons. The third kappa shape index (κ3) is 4.25. The summed E-state index contributed by atoms with van der Waals surface area (Å²) in [6.45, 7) is 11.4. The highest BCUT2D eigenvalue weighted by Gasteiger charge is 2.34. The summed E-state index contributed by atoms with van der Waals surface area (Å²) in [5.41, 5.74) is 9.53. The Kier molecular flexibility index (Phi) is 6.35. The van der Waals surface area contributed by atoms with Crippen molar-refractivity contribution >= 4 is 34.5 Å². The molecule has 0 fully saturated rings. The van der Waals surface area contributed by atoms with Gasteiger partial charge in [0.05, 0.1) is 29.0 Å². The Balaban J connectivity index is 1.87. The Labute approximate surface area is 199 Å². The molecule has 1 aromatic carbocycles. The van der Waals surface area contributed by atoms with Crippen LogP contribution >= 0.6 is 0 Å². The van der Waals surface area contributed by atoms with Crippen LogP contribution in [0.5, 0.6) is 0 Å². The third-order valence-corrected chi connectivity index (χ3v) is 6.64. The lowest BCUT2D eigenvalue weighted by Crippen LogP contribution is -2.38. The number of nitrogens with two attached hydrogens (primary N) is 1. The van der Waals surface area contributed by atoms with Crippen molar-refractivity contribution in [3.05, 3.63) is 35.2 Å². The Bertz CT molecular complexity index is 1250. The molecule has 2 amide bonds. The molecule has 0 saturated heterocycles. The minimum absolute atomic E-state index is 0.103. The number of anilines is 2. The van der Waals surface area contributed by atoms with Gasteiger partial charge in [-0.2, -0.15) is 5.10 Å². The maximum atomic E-state index is 13.2. The molecule has 3 heterocycles. The molecule has 0 saturated carbocycles. The number of carbonyl (C=O) groups is 2. The van der Waals surface area contributed by atoms with Gasteiger partial charge >= 0.3 is 0 Å². The van der Waals surface area contributed by atoms with Crippen LogP contribution < -0.4 is 16.0 Å². The number of nitrogens with zero attached hydrogens (tertiary/aromatic N) is 5. The van der Waals surface area contributed by atoms with Crippen molar-refractivity contribution in [1.82, 2.24) is 19.3 Å².